The summed E-state index contributed by atoms with van der Waals surface area (Å²) in [7, 11) is 0. The minimum atomic E-state index is -0.333. The van der Waals surface area contributed by atoms with Gasteiger partial charge in [-0.1, -0.05) is 36.4 Å². The van der Waals surface area contributed by atoms with E-state index in [0.717, 1.165) is 5.56 Å². The first-order chi connectivity index (χ1) is 15.2. The van der Waals surface area contributed by atoms with Gasteiger partial charge in [-0.15, -0.1) is 0 Å². The number of aromatic nitrogens is 2. The van der Waals surface area contributed by atoms with Crippen LogP contribution in [0.25, 0.3) is 22.4 Å². The highest BCUT2D eigenvalue weighted by atomic mass is 16.7. The lowest BCUT2D eigenvalue weighted by atomic mass is 10.0. The largest absolute Gasteiger partial charge is 0.454 e. The molecule has 0 atom stereocenters. The van der Waals surface area contributed by atoms with Crippen LogP contribution in [-0.2, 0) is 16.1 Å². The summed E-state index contributed by atoms with van der Waals surface area (Å²) in [4.78, 5) is 27.8. The Hall–Kier alpha value is -3.65. The van der Waals surface area contributed by atoms with Gasteiger partial charge in [0.1, 0.15) is 6.54 Å². The van der Waals surface area contributed by atoms with Crippen molar-refractivity contribution >= 4 is 5.91 Å². The molecule has 0 bridgehead atoms. The van der Waals surface area contributed by atoms with Gasteiger partial charge in [0.25, 0.3) is 5.56 Å². The Bertz CT molecular complexity index is 1170. The maximum Gasteiger partial charge on any atom is 0.275 e. The van der Waals surface area contributed by atoms with Crippen LogP contribution in [0, 0.1) is 0 Å². The van der Waals surface area contributed by atoms with Crippen molar-refractivity contribution in [3.63, 3.8) is 0 Å². The van der Waals surface area contributed by atoms with Crippen molar-refractivity contribution in [1.29, 1.82) is 0 Å². The van der Waals surface area contributed by atoms with Crippen molar-refractivity contribution in [2.24, 2.45) is 0 Å². The van der Waals surface area contributed by atoms with E-state index in [-0.39, 0.29) is 24.8 Å². The second-order valence-corrected chi connectivity index (χ2v) is 7.33. The molecule has 3 heterocycles. The molecule has 0 spiro atoms. The molecular weight excluding hydrogens is 398 g/mol. The second-order valence-electron chi connectivity index (χ2n) is 7.33. The highest BCUT2D eigenvalue weighted by Crippen LogP contribution is 2.35. The molecule has 0 saturated carbocycles. The number of hydrogen-bond acceptors (Lipinski definition) is 6. The zero-order chi connectivity index (χ0) is 21.2. The first kappa shape index (κ1) is 19.3. The maximum atomic E-state index is 13.3. The third kappa shape index (κ3) is 3.89. The van der Waals surface area contributed by atoms with Crippen LogP contribution in [0.1, 0.15) is 0 Å². The van der Waals surface area contributed by atoms with E-state index >= 15 is 0 Å². The molecule has 3 aromatic rings. The maximum absolute atomic E-state index is 13.3. The van der Waals surface area contributed by atoms with Crippen LogP contribution in [-0.4, -0.2) is 53.7 Å². The Labute approximate surface area is 178 Å². The summed E-state index contributed by atoms with van der Waals surface area (Å²) in [6.45, 7) is 2.06. The smallest absolute Gasteiger partial charge is 0.275 e. The molecule has 0 aliphatic carbocycles. The fourth-order valence-electron chi connectivity index (χ4n) is 3.71. The molecule has 5 rings (SSSR count). The summed E-state index contributed by atoms with van der Waals surface area (Å²) in [6, 6.07) is 16.7. The summed E-state index contributed by atoms with van der Waals surface area (Å²) in [6.07, 6.45) is 0. The highest BCUT2D eigenvalue weighted by Gasteiger charge is 2.21. The molecule has 2 aliphatic rings. The normalized spacial score (nSPS) is 15.2. The van der Waals surface area contributed by atoms with Crippen LogP contribution in [0.15, 0.2) is 59.4 Å². The van der Waals surface area contributed by atoms with Gasteiger partial charge in [0.15, 0.2) is 11.5 Å². The van der Waals surface area contributed by atoms with E-state index in [0.29, 0.717) is 54.6 Å². The molecule has 158 valence electrons. The average Bonchev–Trinajstić information content (AvgIpc) is 3.29. The van der Waals surface area contributed by atoms with Crippen molar-refractivity contribution in [2.75, 3.05) is 33.1 Å². The SMILES string of the molecule is O=C(Cn1nc(-c2ccccc2)cc(-c2ccc3c(c2)OCO3)c1=O)N1CCOCC1. The number of benzene rings is 2. The monoisotopic (exact) mass is 419 g/mol. The van der Waals surface area contributed by atoms with Crippen LogP contribution >= 0.6 is 0 Å². The minimum absolute atomic E-state index is 0.128. The van der Waals surface area contributed by atoms with E-state index in [1.54, 1.807) is 23.1 Å². The first-order valence-corrected chi connectivity index (χ1v) is 10.1. The van der Waals surface area contributed by atoms with Crippen LogP contribution < -0.4 is 15.0 Å². The topological polar surface area (TPSA) is 82.9 Å². The predicted molar refractivity (Wildman–Crippen MR) is 113 cm³/mol. The van der Waals surface area contributed by atoms with Gasteiger partial charge in [-0.2, -0.15) is 5.10 Å². The summed E-state index contributed by atoms with van der Waals surface area (Å²) in [5.74, 6) is 1.08. The van der Waals surface area contributed by atoms with Gasteiger partial charge in [0.05, 0.1) is 24.5 Å². The number of carbonyl (C=O) groups is 1. The van der Waals surface area contributed by atoms with E-state index in [2.05, 4.69) is 5.10 Å². The number of hydrogen-bond donors (Lipinski definition) is 0. The highest BCUT2D eigenvalue weighted by molar-refractivity contribution is 5.77. The van der Waals surface area contributed by atoms with Crippen molar-refractivity contribution in [3.05, 3.63) is 65.0 Å². The summed E-state index contributed by atoms with van der Waals surface area (Å²) in [5.41, 5.74) is 2.27. The molecule has 2 aromatic carbocycles. The lowest BCUT2D eigenvalue weighted by molar-refractivity contribution is -0.136. The second kappa shape index (κ2) is 8.23. The molecule has 1 aromatic heterocycles. The van der Waals surface area contributed by atoms with Crippen molar-refractivity contribution in [3.8, 4) is 33.9 Å². The molecule has 8 nitrogen and oxygen atoms in total. The van der Waals surface area contributed by atoms with Gasteiger partial charge in [0, 0.05) is 18.7 Å². The molecule has 1 saturated heterocycles. The van der Waals surface area contributed by atoms with Gasteiger partial charge < -0.3 is 19.1 Å². The van der Waals surface area contributed by atoms with Crippen molar-refractivity contribution in [1.82, 2.24) is 14.7 Å². The van der Waals surface area contributed by atoms with Crippen LogP contribution in [0.5, 0.6) is 11.5 Å². The molecule has 1 fully saturated rings. The zero-order valence-corrected chi connectivity index (χ0v) is 16.8. The standard InChI is InChI=1S/C23H21N3O5/c27-22(25-8-10-29-11-9-25)14-26-23(28)18(13-19(24-26)16-4-2-1-3-5-16)17-6-7-20-21(12-17)31-15-30-20/h1-7,12-13H,8-11,14-15H2. The number of nitrogens with zero attached hydrogens (tertiary/aromatic N) is 3. The number of rotatable bonds is 4. The third-order valence-corrected chi connectivity index (χ3v) is 5.38. The Morgan fingerprint density at radius 2 is 1.71 bits per heavy atom. The quantitative estimate of drug-likeness (QED) is 0.645. The van der Waals surface area contributed by atoms with E-state index < -0.39 is 0 Å². The Morgan fingerprint density at radius 3 is 2.52 bits per heavy atom. The summed E-state index contributed by atoms with van der Waals surface area (Å²) >= 11 is 0. The first-order valence-electron chi connectivity index (χ1n) is 10.1. The zero-order valence-electron chi connectivity index (χ0n) is 16.8. The van der Waals surface area contributed by atoms with E-state index in [1.807, 2.05) is 36.4 Å². The molecule has 0 unspecified atom stereocenters. The molecular formula is C23H21N3O5. The van der Waals surface area contributed by atoms with Gasteiger partial charge in [-0.3, -0.25) is 9.59 Å². The molecule has 1 amide bonds. The molecule has 0 radical (unpaired) electrons. The van der Waals surface area contributed by atoms with Crippen molar-refractivity contribution < 1.29 is 19.0 Å². The predicted octanol–water partition coefficient (Wildman–Crippen LogP) is 2.16. The molecule has 31 heavy (non-hydrogen) atoms. The van der Waals surface area contributed by atoms with Gasteiger partial charge in [-0.05, 0) is 23.8 Å². The fraction of sp³-hybridized carbons (Fsp3) is 0.261. The van der Waals surface area contributed by atoms with Gasteiger partial charge >= 0.3 is 0 Å². The fourth-order valence-corrected chi connectivity index (χ4v) is 3.71. The minimum Gasteiger partial charge on any atom is -0.454 e. The Balaban J connectivity index is 1.57. The summed E-state index contributed by atoms with van der Waals surface area (Å²) in [5, 5.41) is 4.51. The van der Waals surface area contributed by atoms with Gasteiger partial charge in [-0.25, -0.2) is 4.68 Å². The van der Waals surface area contributed by atoms with Crippen LogP contribution in [0.2, 0.25) is 0 Å². The molecule has 2 aliphatic heterocycles. The number of ether oxygens (including phenoxy) is 3. The van der Waals surface area contributed by atoms with E-state index in [9.17, 15) is 9.59 Å². The van der Waals surface area contributed by atoms with Gasteiger partial charge in [0.2, 0.25) is 12.7 Å². The molecule has 0 N–H and O–H groups in total. The average molecular weight is 419 g/mol. The lowest BCUT2D eigenvalue weighted by Gasteiger charge is -2.27. The van der Waals surface area contributed by atoms with E-state index in [4.69, 9.17) is 14.2 Å². The third-order valence-electron chi connectivity index (χ3n) is 5.38. The number of fused-ring (bicyclic) bond motifs is 1. The Morgan fingerprint density at radius 1 is 0.935 bits per heavy atom. The lowest BCUT2D eigenvalue weighted by Crippen LogP contribution is -2.44. The Kier molecular flexibility index (Phi) is 5.13. The number of morpholine rings is 1. The molecule has 8 heteroatoms. The number of carbonyl (C=O) groups excluding carboxylic acids is 1. The van der Waals surface area contributed by atoms with Crippen molar-refractivity contribution in [2.45, 2.75) is 6.54 Å². The van der Waals surface area contributed by atoms with Crippen LogP contribution in [0.3, 0.4) is 0 Å². The van der Waals surface area contributed by atoms with Crippen LogP contribution in [0.4, 0.5) is 0 Å². The number of amides is 1. The summed E-state index contributed by atoms with van der Waals surface area (Å²) < 4.78 is 17.4. The van der Waals surface area contributed by atoms with E-state index in [1.165, 1.54) is 4.68 Å².